The van der Waals surface area contributed by atoms with Crippen molar-refractivity contribution in [1.82, 2.24) is 19.8 Å². The monoisotopic (exact) mass is 480 g/mol. The average Bonchev–Trinajstić information content (AvgIpc) is 2.81. The van der Waals surface area contributed by atoms with E-state index in [-0.39, 0.29) is 11.6 Å². The molecule has 1 unspecified atom stereocenters. The number of nitrogens with zero attached hydrogens (tertiary/aromatic N) is 3. The van der Waals surface area contributed by atoms with Crippen molar-refractivity contribution in [2.75, 3.05) is 26.9 Å². The molecule has 2 amide bonds. The van der Waals surface area contributed by atoms with E-state index in [4.69, 9.17) is 14.5 Å². The number of benzene rings is 2. The first-order valence-electron chi connectivity index (χ1n) is 12.0. The molecule has 0 fully saturated rings. The molecule has 188 valence electrons. The van der Waals surface area contributed by atoms with E-state index in [1.807, 2.05) is 77.1 Å². The molecule has 1 N–H and O–H groups in total. The fourth-order valence-electron chi connectivity index (χ4n) is 4.00. The van der Waals surface area contributed by atoms with E-state index < -0.39 is 11.6 Å². The Morgan fingerprint density at radius 1 is 1.11 bits per heavy atom. The van der Waals surface area contributed by atoms with Crippen LogP contribution in [0.4, 0.5) is 4.79 Å². The minimum atomic E-state index is -0.462. The van der Waals surface area contributed by atoms with Crippen molar-refractivity contribution in [3.05, 3.63) is 64.7 Å². The molecule has 0 aliphatic rings. The predicted molar refractivity (Wildman–Crippen MR) is 138 cm³/mol. The molecule has 8 heteroatoms. The van der Waals surface area contributed by atoms with Crippen molar-refractivity contribution in [2.45, 2.75) is 52.6 Å². The summed E-state index contributed by atoms with van der Waals surface area (Å²) in [7, 11) is 1.60. The Hall–Kier alpha value is -3.39. The summed E-state index contributed by atoms with van der Waals surface area (Å²) < 4.78 is 12.5. The number of hydrogen-bond donors (Lipinski definition) is 1. The Bertz CT molecular complexity index is 1200. The summed E-state index contributed by atoms with van der Waals surface area (Å²) in [6.45, 7) is 11.0. The molecule has 3 aromatic rings. The van der Waals surface area contributed by atoms with Gasteiger partial charge in [-0.2, -0.15) is 0 Å². The van der Waals surface area contributed by atoms with Gasteiger partial charge in [0.25, 0.3) is 5.56 Å². The van der Waals surface area contributed by atoms with Crippen LogP contribution in [-0.2, 0) is 4.74 Å². The van der Waals surface area contributed by atoms with Crippen LogP contribution < -0.4 is 15.6 Å². The number of carbonyl (C=O) groups is 1. The number of hydrogen-bond acceptors (Lipinski definition) is 5. The van der Waals surface area contributed by atoms with Crippen molar-refractivity contribution in [2.24, 2.45) is 0 Å². The molecule has 35 heavy (non-hydrogen) atoms. The Morgan fingerprint density at radius 3 is 2.40 bits per heavy atom. The molecule has 0 saturated carbocycles. The summed E-state index contributed by atoms with van der Waals surface area (Å²) >= 11 is 0. The molecule has 8 nitrogen and oxygen atoms in total. The first kappa shape index (κ1) is 26.2. The lowest BCUT2D eigenvalue weighted by atomic mass is 10.1. The minimum Gasteiger partial charge on any atom is -0.494 e. The fourth-order valence-corrected chi connectivity index (χ4v) is 4.00. The van der Waals surface area contributed by atoms with Gasteiger partial charge in [0.1, 0.15) is 11.6 Å². The van der Waals surface area contributed by atoms with Crippen molar-refractivity contribution in [1.29, 1.82) is 0 Å². The van der Waals surface area contributed by atoms with Gasteiger partial charge in [0.05, 0.1) is 35.8 Å². The van der Waals surface area contributed by atoms with Crippen LogP contribution in [0.1, 0.15) is 52.9 Å². The zero-order chi connectivity index (χ0) is 25.6. The third-order valence-corrected chi connectivity index (χ3v) is 5.55. The number of carbonyl (C=O) groups excluding carboxylic acids is 1. The number of fused-ring (bicyclic) bond motifs is 1. The largest absolute Gasteiger partial charge is 0.494 e. The van der Waals surface area contributed by atoms with Crippen molar-refractivity contribution in [3.63, 3.8) is 0 Å². The predicted octanol–water partition coefficient (Wildman–Crippen LogP) is 4.69. The number of para-hydroxylation sites is 1. The molecule has 0 bridgehead atoms. The lowest BCUT2D eigenvalue weighted by Crippen LogP contribution is -2.51. The number of urea groups is 1. The molecule has 0 aliphatic heterocycles. The molecule has 0 aliphatic carbocycles. The second kappa shape index (κ2) is 11.4. The van der Waals surface area contributed by atoms with Crippen LogP contribution in [0.3, 0.4) is 0 Å². The zero-order valence-electron chi connectivity index (χ0n) is 21.5. The molecule has 1 atom stereocenters. The van der Waals surface area contributed by atoms with Crippen molar-refractivity contribution >= 4 is 16.9 Å². The average molecular weight is 481 g/mol. The highest BCUT2D eigenvalue weighted by molar-refractivity contribution is 5.78. The molecule has 0 saturated heterocycles. The summed E-state index contributed by atoms with van der Waals surface area (Å²) in [5.41, 5.74) is 0.645. The number of ether oxygens (including phenoxy) is 2. The van der Waals surface area contributed by atoms with Gasteiger partial charge in [-0.3, -0.25) is 9.36 Å². The molecule has 0 radical (unpaired) electrons. The zero-order valence-corrected chi connectivity index (χ0v) is 21.5. The normalized spacial score (nSPS) is 12.4. The van der Waals surface area contributed by atoms with Gasteiger partial charge >= 0.3 is 6.03 Å². The van der Waals surface area contributed by atoms with Crippen LogP contribution in [0.2, 0.25) is 0 Å². The quantitative estimate of drug-likeness (QED) is 0.480. The number of rotatable bonds is 9. The molecular weight excluding hydrogens is 444 g/mol. The van der Waals surface area contributed by atoms with Gasteiger partial charge in [-0.15, -0.1) is 0 Å². The van der Waals surface area contributed by atoms with Gasteiger partial charge in [-0.05, 0) is 70.5 Å². The highest BCUT2D eigenvalue weighted by Crippen LogP contribution is 2.27. The van der Waals surface area contributed by atoms with Crippen molar-refractivity contribution in [3.8, 4) is 11.4 Å². The van der Waals surface area contributed by atoms with Crippen LogP contribution in [-0.4, -0.2) is 52.9 Å². The van der Waals surface area contributed by atoms with Crippen LogP contribution in [0.5, 0.6) is 5.75 Å². The van der Waals surface area contributed by atoms with Gasteiger partial charge in [0.15, 0.2) is 0 Å². The lowest BCUT2D eigenvalue weighted by Gasteiger charge is -2.34. The Kier molecular flexibility index (Phi) is 8.51. The van der Waals surface area contributed by atoms with Crippen molar-refractivity contribution < 1.29 is 14.3 Å². The van der Waals surface area contributed by atoms with Gasteiger partial charge in [-0.1, -0.05) is 19.1 Å². The van der Waals surface area contributed by atoms with Gasteiger partial charge in [0.2, 0.25) is 0 Å². The lowest BCUT2D eigenvalue weighted by molar-refractivity contribution is 0.120. The van der Waals surface area contributed by atoms with Crippen LogP contribution in [0, 0.1) is 0 Å². The number of methoxy groups -OCH3 is 1. The fraction of sp³-hybridized carbons (Fsp3) is 0.444. The summed E-state index contributed by atoms with van der Waals surface area (Å²) in [5.74, 6) is 1.22. The van der Waals surface area contributed by atoms with E-state index in [2.05, 4.69) is 5.32 Å². The summed E-state index contributed by atoms with van der Waals surface area (Å²) in [4.78, 5) is 33.8. The molecule has 1 heterocycles. The van der Waals surface area contributed by atoms with E-state index >= 15 is 0 Å². The van der Waals surface area contributed by atoms with Crippen LogP contribution in [0.25, 0.3) is 16.6 Å². The van der Waals surface area contributed by atoms with E-state index in [1.165, 1.54) is 0 Å². The highest BCUT2D eigenvalue weighted by Gasteiger charge is 2.30. The van der Waals surface area contributed by atoms with E-state index in [1.54, 1.807) is 22.6 Å². The Labute approximate surface area is 206 Å². The molecular formula is C27H36N4O4. The SMILES string of the molecule is CCOc1ccc(-n2c(C(CC)N(CCOC)C(=O)NC(C)(C)C)nc3ccccc3c2=O)cc1. The standard InChI is InChI=1S/C27H36N4O4/c1-7-23(30(17-18-34-6)26(33)29-27(3,4)5)24-28-22-12-10-9-11-21(22)25(32)31(24)19-13-15-20(16-14-19)35-8-2/h9-16,23H,7-8,17-18H2,1-6H3,(H,29,33). The maximum absolute atomic E-state index is 13.8. The summed E-state index contributed by atoms with van der Waals surface area (Å²) in [5, 5.41) is 3.56. The third-order valence-electron chi connectivity index (χ3n) is 5.55. The number of nitrogens with one attached hydrogen (secondary N) is 1. The van der Waals surface area contributed by atoms with Crippen LogP contribution in [0.15, 0.2) is 53.3 Å². The van der Waals surface area contributed by atoms with Gasteiger partial charge < -0.3 is 19.7 Å². The first-order valence-corrected chi connectivity index (χ1v) is 12.0. The summed E-state index contributed by atoms with van der Waals surface area (Å²) in [6, 6.07) is 13.9. The number of amides is 2. The second-order valence-electron chi connectivity index (χ2n) is 9.35. The molecule has 2 aromatic carbocycles. The second-order valence-corrected chi connectivity index (χ2v) is 9.35. The Morgan fingerprint density at radius 2 is 1.80 bits per heavy atom. The topological polar surface area (TPSA) is 85.7 Å². The van der Waals surface area contributed by atoms with E-state index in [0.29, 0.717) is 48.6 Å². The Balaban J connectivity index is 2.22. The van der Waals surface area contributed by atoms with E-state index in [0.717, 1.165) is 5.75 Å². The molecule has 1 aromatic heterocycles. The van der Waals surface area contributed by atoms with Crippen LogP contribution >= 0.6 is 0 Å². The maximum atomic E-state index is 13.8. The molecule has 0 spiro atoms. The van der Waals surface area contributed by atoms with Gasteiger partial charge in [0, 0.05) is 19.2 Å². The first-order chi connectivity index (χ1) is 16.7. The maximum Gasteiger partial charge on any atom is 0.318 e. The molecule has 3 rings (SSSR count). The number of aromatic nitrogens is 2. The van der Waals surface area contributed by atoms with Gasteiger partial charge in [-0.25, -0.2) is 9.78 Å². The smallest absolute Gasteiger partial charge is 0.318 e. The van der Waals surface area contributed by atoms with E-state index in [9.17, 15) is 9.59 Å². The summed E-state index contributed by atoms with van der Waals surface area (Å²) in [6.07, 6.45) is 0.559. The third kappa shape index (κ3) is 6.19. The minimum absolute atomic E-state index is 0.184. The highest BCUT2D eigenvalue weighted by atomic mass is 16.5.